The van der Waals surface area contributed by atoms with E-state index in [0.29, 0.717) is 0 Å². The molecule has 0 nitrogen and oxygen atoms in total. The SMILES string of the molecule is c1ccc(-c2c3ccccc3c(-c3ccccc3)c3cc4c(-c5ccccc5)c5c6cccc7ccc8cccc(c5c(-c5ccccc5)c4cc23)c8c76)cc1. The van der Waals surface area contributed by atoms with Gasteiger partial charge in [-0.3, -0.25) is 0 Å². The molecule has 12 aromatic rings. The summed E-state index contributed by atoms with van der Waals surface area (Å²) in [6, 6.07) is 76.7. The average molecular weight is 707 g/mol. The van der Waals surface area contributed by atoms with E-state index in [2.05, 4.69) is 206 Å². The monoisotopic (exact) mass is 706 g/mol. The van der Waals surface area contributed by atoms with E-state index >= 15 is 0 Å². The molecule has 0 aliphatic rings. The lowest BCUT2D eigenvalue weighted by Gasteiger charge is -2.24. The van der Waals surface area contributed by atoms with Crippen LogP contribution in [0.2, 0.25) is 0 Å². The molecule has 0 aliphatic carbocycles. The highest BCUT2D eigenvalue weighted by Gasteiger charge is 2.25. The summed E-state index contributed by atoms with van der Waals surface area (Å²) in [5.41, 5.74) is 10.00. The van der Waals surface area contributed by atoms with E-state index in [4.69, 9.17) is 0 Å². The lowest BCUT2D eigenvalue weighted by atomic mass is 9.78. The summed E-state index contributed by atoms with van der Waals surface area (Å²) in [6.07, 6.45) is 0. The van der Waals surface area contributed by atoms with Crippen LogP contribution in [0, 0.1) is 0 Å². The van der Waals surface area contributed by atoms with Crippen LogP contribution in [0.3, 0.4) is 0 Å². The zero-order valence-corrected chi connectivity index (χ0v) is 30.6. The van der Waals surface area contributed by atoms with Crippen LogP contribution >= 0.6 is 0 Å². The van der Waals surface area contributed by atoms with E-state index in [1.54, 1.807) is 0 Å². The van der Waals surface area contributed by atoms with Gasteiger partial charge in [-0.2, -0.15) is 0 Å². The molecule has 0 fully saturated rings. The van der Waals surface area contributed by atoms with Gasteiger partial charge in [0.1, 0.15) is 0 Å². The minimum absolute atomic E-state index is 1.22. The summed E-state index contributed by atoms with van der Waals surface area (Å²) in [5.74, 6) is 0. The van der Waals surface area contributed by atoms with Gasteiger partial charge in [-0.25, -0.2) is 0 Å². The Labute approximate surface area is 324 Å². The molecular formula is C56H34. The Balaban J connectivity index is 1.44. The predicted molar refractivity (Wildman–Crippen MR) is 242 cm³/mol. The van der Waals surface area contributed by atoms with Crippen molar-refractivity contribution >= 4 is 75.4 Å². The van der Waals surface area contributed by atoms with Crippen molar-refractivity contribution in [2.75, 3.05) is 0 Å². The summed E-state index contributed by atoms with van der Waals surface area (Å²) in [5, 5.41) is 18.0. The third-order valence-electron chi connectivity index (χ3n) is 12.1. The molecule has 0 N–H and O–H groups in total. The van der Waals surface area contributed by atoms with Crippen molar-refractivity contribution < 1.29 is 0 Å². The van der Waals surface area contributed by atoms with Crippen molar-refractivity contribution in [2.45, 2.75) is 0 Å². The Morgan fingerprint density at radius 1 is 0.179 bits per heavy atom. The van der Waals surface area contributed by atoms with E-state index < -0.39 is 0 Å². The van der Waals surface area contributed by atoms with Gasteiger partial charge in [0.05, 0.1) is 0 Å². The maximum atomic E-state index is 2.54. The van der Waals surface area contributed by atoms with Crippen LogP contribution in [-0.4, -0.2) is 0 Å². The second-order valence-electron chi connectivity index (χ2n) is 15.1. The summed E-state index contributed by atoms with van der Waals surface area (Å²) in [7, 11) is 0. The average Bonchev–Trinajstić information content (AvgIpc) is 3.27. The van der Waals surface area contributed by atoms with Crippen molar-refractivity contribution in [3.8, 4) is 44.5 Å². The molecule has 12 aromatic carbocycles. The molecule has 258 valence electrons. The predicted octanol–water partition coefficient (Wildman–Crippen LogP) is 15.9. The van der Waals surface area contributed by atoms with Crippen LogP contribution in [-0.2, 0) is 0 Å². The molecule has 12 rings (SSSR count). The minimum atomic E-state index is 1.22. The van der Waals surface area contributed by atoms with Crippen LogP contribution in [0.25, 0.3) is 120 Å². The molecule has 0 saturated heterocycles. The lowest BCUT2D eigenvalue weighted by Crippen LogP contribution is -1.96. The molecule has 0 heteroatoms. The zero-order valence-electron chi connectivity index (χ0n) is 30.6. The van der Waals surface area contributed by atoms with Crippen molar-refractivity contribution in [3.63, 3.8) is 0 Å². The smallest absolute Gasteiger partial charge is 0.000741 e. The van der Waals surface area contributed by atoms with Gasteiger partial charge in [-0.05, 0) is 132 Å². The first kappa shape index (κ1) is 31.1. The first-order valence-corrected chi connectivity index (χ1v) is 19.5. The minimum Gasteiger partial charge on any atom is -0.0622 e. The van der Waals surface area contributed by atoms with Crippen LogP contribution in [0.15, 0.2) is 206 Å². The van der Waals surface area contributed by atoms with Gasteiger partial charge >= 0.3 is 0 Å². The quantitative estimate of drug-likeness (QED) is 0.126. The maximum Gasteiger partial charge on any atom is -0.000741 e. The van der Waals surface area contributed by atoms with E-state index in [1.807, 2.05) is 0 Å². The normalized spacial score (nSPS) is 11.9. The number of hydrogen-bond acceptors (Lipinski definition) is 0. The Morgan fingerprint density at radius 2 is 0.482 bits per heavy atom. The highest BCUT2D eigenvalue weighted by atomic mass is 14.3. The largest absolute Gasteiger partial charge is 0.0622 e. The van der Waals surface area contributed by atoms with Crippen molar-refractivity contribution in [2.24, 2.45) is 0 Å². The first-order chi connectivity index (χ1) is 27.8. The fourth-order valence-corrected chi connectivity index (χ4v) is 9.91. The second kappa shape index (κ2) is 12.1. The summed E-state index contributed by atoms with van der Waals surface area (Å²) >= 11 is 0. The topological polar surface area (TPSA) is 0 Å². The van der Waals surface area contributed by atoms with Crippen molar-refractivity contribution in [3.05, 3.63) is 206 Å². The fraction of sp³-hybridized carbons (Fsp3) is 0. The number of rotatable bonds is 4. The van der Waals surface area contributed by atoms with E-state index in [-0.39, 0.29) is 0 Å². The molecule has 0 unspecified atom stereocenters. The Hall–Kier alpha value is -7.28. The highest BCUT2D eigenvalue weighted by Crippen LogP contribution is 2.53. The Kier molecular flexibility index (Phi) is 6.73. The lowest BCUT2D eigenvalue weighted by molar-refractivity contribution is 1.65. The Bertz CT molecular complexity index is 3240. The molecule has 0 amide bonds. The van der Waals surface area contributed by atoms with Gasteiger partial charge < -0.3 is 0 Å². The summed E-state index contributed by atoms with van der Waals surface area (Å²) in [4.78, 5) is 0. The summed E-state index contributed by atoms with van der Waals surface area (Å²) in [6.45, 7) is 0. The van der Waals surface area contributed by atoms with Gasteiger partial charge in [0, 0.05) is 0 Å². The van der Waals surface area contributed by atoms with Crippen LogP contribution < -0.4 is 0 Å². The third-order valence-corrected chi connectivity index (χ3v) is 12.1. The standard InChI is InChI=1S/C56H34/c1-5-17-35(18-6-1)49-41-27-13-14-28-42(41)50(36-19-7-2-8-20-36)46-34-48-47(33-45(46)49)53(37-21-9-3-10-22-37)55-43-29-15-25-39-31-32-40-26-16-30-44(52(40)51(39)43)56(55)54(48)38-23-11-4-12-24-38/h1-34H. The third kappa shape index (κ3) is 4.42. The molecule has 0 aromatic heterocycles. The molecule has 0 radical (unpaired) electrons. The molecule has 0 spiro atoms. The van der Waals surface area contributed by atoms with Gasteiger partial charge in [0.25, 0.3) is 0 Å². The molecular weight excluding hydrogens is 673 g/mol. The van der Waals surface area contributed by atoms with Gasteiger partial charge in [-0.1, -0.05) is 194 Å². The Morgan fingerprint density at radius 3 is 0.857 bits per heavy atom. The van der Waals surface area contributed by atoms with Crippen molar-refractivity contribution in [1.29, 1.82) is 0 Å². The number of fused-ring (bicyclic) bond motifs is 6. The van der Waals surface area contributed by atoms with Crippen LogP contribution in [0.5, 0.6) is 0 Å². The molecule has 0 atom stereocenters. The molecule has 0 aliphatic heterocycles. The van der Waals surface area contributed by atoms with Gasteiger partial charge in [-0.15, -0.1) is 0 Å². The van der Waals surface area contributed by atoms with Gasteiger partial charge in [0.15, 0.2) is 0 Å². The molecule has 0 bridgehead atoms. The van der Waals surface area contributed by atoms with Gasteiger partial charge in [0.2, 0.25) is 0 Å². The number of benzene rings is 12. The van der Waals surface area contributed by atoms with E-state index in [9.17, 15) is 0 Å². The first-order valence-electron chi connectivity index (χ1n) is 19.5. The van der Waals surface area contributed by atoms with E-state index in [0.717, 1.165) is 0 Å². The van der Waals surface area contributed by atoms with Crippen molar-refractivity contribution in [1.82, 2.24) is 0 Å². The fourth-order valence-electron chi connectivity index (χ4n) is 9.91. The summed E-state index contributed by atoms with van der Waals surface area (Å²) < 4.78 is 0. The molecule has 56 heavy (non-hydrogen) atoms. The van der Waals surface area contributed by atoms with Crippen LogP contribution in [0.1, 0.15) is 0 Å². The zero-order chi connectivity index (χ0) is 36.7. The highest BCUT2D eigenvalue weighted by molar-refractivity contribution is 6.41. The molecule has 0 heterocycles. The van der Waals surface area contributed by atoms with Crippen LogP contribution in [0.4, 0.5) is 0 Å². The second-order valence-corrected chi connectivity index (χ2v) is 15.1. The molecule has 0 saturated carbocycles. The van der Waals surface area contributed by atoms with E-state index in [1.165, 1.54) is 120 Å². The number of hydrogen-bond donors (Lipinski definition) is 0. The maximum absolute atomic E-state index is 2.54.